The molecule has 0 unspecified atom stereocenters. The van der Waals surface area contributed by atoms with Crippen LogP contribution in [0.4, 0.5) is 0 Å². The largest absolute Gasteiger partial charge is 0.466 e. The monoisotopic (exact) mass is 490 g/mol. The van der Waals surface area contributed by atoms with E-state index in [0.29, 0.717) is 26.1 Å². The molecule has 1 aliphatic heterocycles. The topological polar surface area (TPSA) is 63.2 Å². The van der Waals surface area contributed by atoms with Crippen LogP contribution in [0.5, 0.6) is 0 Å². The van der Waals surface area contributed by atoms with Crippen molar-refractivity contribution in [2.24, 2.45) is 0 Å². The standard InChI is InChI=1S/C24H50O6Si2/c1-14-26-20(25)16-15-18-21(29-24(8,9)28-18)19(30-32(12,13)23(5,6)7)17-27-31(10,11)22(2,3)4/h18-19,21H,14-17H2,1-13H3/t18-,19+,21-/m0/s1. The summed E-state index contributed by atoms with van der Waals surface area (Å²) in [5, 5.41) is 0.155. The zero-order valence-corrected chi connectivity index (χ0v) is 25.0. The molecule has 190 valence electrons. The minimum Gasteiger partial charge on any atom is -0.466 e. The van der Waals surface area contributed by atoms with Gasteiger partial charge >= 0.3 is 5.97 Å². The van der Waals surface area contributed by atoms with Gasteiger partial charge in [0.1, 0.15) is 6.10 Å². The van der Waals surface area contributed by atoms with Gasteiger partial charge in [0.2, 0.25) is 0 Å². The first-order valence-corrected chi connectivity index (χ1v) is 17.9. The number of esters is 1. The van der Waals surface area contributed by atoms with Crippen molar-refractivity contribution in [2.45, 2.75) is 136 Å². The number of hydrogen-bond donors (Lipinski definition) is 0. The molecule has 1 fully saturated rings. The molecule has 0 spiro atoms. The summed E-state index contributed by atoms with van der Waals surface area (Å²) >= 11 is 0. The summed E-state index contributed by atoms with van der Waals surface area (Å²) < 4.78 is 31.2. The van der Waals surface area contributed by atoms with Gasteiger partial charge in [0.05, 0.1) is 25.4 Å². The minimum absolute atomic E-state index is 0.0532. The van der Waals surface area contributed by atoms with Crippen LogP contribution in [0.3, 0.4) is 0 Å². The molecular formula is C24H50O6Si2. The molecule has 0 aromatic carbocycles. The molecule has 6 nitrogen and oxygen atoms in total. The van der Waals surface area contributed by atoms with E-state index in [1.54, 1.807) is 0 Å². The zero-order valence-electron chi connectivity index (χ0n) is 23.0. The molecule has 0 aliphatic carbocycles. The Bertz CT molecular complexity index is 619. The Hall–Kier alpha value is -0.256. The maximum Gasteiger partial charge on any atom is 0.305 e. The lowest BCUT2D eigenvalue weighted by atomic mass is 10.0. The average Bonchev–Trinajstić information content (AvgIpc) is 2.89. The molecule has 0 radical (unpaired) electrons. The highest BCUT2D eigenvalue weighted by molar-refractivity contribution is 6.74. The van der Waals surface area contributed by atoms with Gasteiger partial charge < -0.3 is 23.1 Å². The maximum atomic E-state index is 12.0. The van der Waals surface area contributed by atoms with Crippen LogP contribution in [-0.2, 0) is 27.9 Å². The van der Waals surface area contributed by atoms with Gasteiger partial charge in [-0.1, -0.05) is 41.5 Å². The first-order chi connectivity index (χ1) is 14.2. The average molecular weight is 491 g/mol. The summed E-state index contributed by atoms with van der Waals surface area (Å²) in [5.41, 5.74) is 0. The molecule has 0 amide bonds. The first kappa shape index (κ1) is 29.8. The molecule has 1 rings (SSSR count). The van der Waals surface area contributed by atoms with Gasteiger partial charge in [-0.25, -0.2) is 0 Å². The van der Waals surface area contributed by atoms with Crippen molar-refractivity contribution in [2.75, 3.05) is 13.2 Å². The molecule has 1 heterocycles. The molecule has 0 bridgehead atoms. The number of carbonyl (C=O) groups is 1. The van der Waals surface area contributed by atoms with Crippen LogP contribution in [0.2, 0.25) is 36.3 Å². The Morgan fingerprint density at radius 2 is 1.50 bits per heavy atom. The Labute approximate surface area is 199 Å². The first-order valence-electron chi connectivity index (χ1n) is 12.1. The van der Waals surface area contributed by atoms with Crippen LogP contribution >= 0.6 is 0 Å². The van der Waals surface area contributed by atoms with Gasteiger partial charge in [-0.3, -0.25) is 4.79 Å². The molecule has 0 aromatic rings. The molecule has 0 N–H and O–H groups in total. The highest BCUT2D eigenvalue weighted by Crippen LogP contribution is 2.42. The fraction of sp³-hybridized carbons (Fsp3) is 0.958. The lowest BCUT2D eigenvalue weighted by Gasteiger charge is -2.43. The second kappa shape index (κ2) is 10.6. The van der Waals surface area contributed by atoms with Crippen molar-refractivity contribution in [3.8, 4) is 0 Å². The molecular weight excluding hydrogens is 440 g/mol. The molecule has 3 atom stereocenters. The van der Waals surface area contributed by atoms with Gasteiger partial charge in [-0.05, 0) is 63.5 Å². The van der Waals surface area contributed by atoms with Crippen molar-refractivity contribution in [3.63, 3.8) is 0 Å². The Morgan fingerprint density at radius 3 is 1.97 bits per heavy atom. The van der Waals surface area contributed by atoms with Gasteiger partial charge in [-0.15, -0.1) is 0 Å². The summed E-state index contributed by atoms with van der Waals surface area (Å²) in [4.78, 5) is 12.0. The lowest BCUT2D eigenvalue weighted by Crippen LogP contribution is -2.53. The second-order valence-electron chi connectivity index (χ2n) is 12.5. The van der Waals surface area contributed by atoms with Crippen LogP contribution in [0, 0.1) is 0 Å². The van der Waals surface area contributed by atoms with E-state index in [2.05, 4.69) is 67.7 Å². The quantitative estimate of drug-likeness (QED) is 0.266. The highest BCUT2D eigenvalue weighted by Gasteiger charge is 2.50. The lowest BCUT2D eigenvalue weighted by molar-refractivity contribution is -0.157. The van der Waals surface area contributed by atoms with Crippen molar-refractivity contribution in [1.82, 2.24) is 0 Å². The Kier molecular flexibility index (Phi) is 9.83. The van der Waals surface area contributed by atoms with Gasteiger partial charge in [0.15, 0.2) is 22.4 Å². The van der Waals surface area contributed by atoms with E-state index >= 15 is 0 Å². The predicted octanol–water partition coefficient (Wildman–Crippen LogP) is 6.26. The third-order valence-corrected chi connectivity index (χ3v) is 16.2. The number of rotatable bonds is 10. The third kappa shape index (κ3) is 8.20. The highest BCUT2D eigenvalue weighted by atomic mass is 28.4. The van der Waals surface area contributed by atoms with E-state index in [1.165, 1.54) is 0 Å². The smallest absolute Gasteiger partial charge is 0.305 e. The van der Waals surface area contributed by atoms with Gasteiger partial charge in [0.25, 0.3) is 0 Å². The van der Waals surface area contributed by atoms with Crippen LogP contribution in [0.1, 0.15) is 75.2 Å². The summed E-state index contributed by atoms with van der Waals surface area (Å²) in [6.45, 7) is 28.9. The fourth-order valence-corrected chi connectivity index (χ4v) is 5.48. The third-order valence-electron chi connectivity index (χ3n) is 7.19. The van der Waals surface area contributed by atoms with E-state index in [4.69, 9.17) is 23.1 Å². The fourth-order valence-electron chi connectivity index (χ4n) is 3.15. The van der Waals surface area contributed by atoms with Gasteiger partial charge in [-0.2, -0.15) is 0 Å². The van der Waals surface area contributed by atoms with E-state index in [1.807, 2.05) is 20.8 Å². The molecule has 1 aliphatic rings. The van der Waals surface area contributed by atoms with Crippen molar-refractivity contribution in [1.29, 1.82) is 0 Å². The summed E-state index contributed by atoms with van der Waals surface area (Å²) in [6.07, 6.45) is -0.00106. The summed E-state index contributed by atoms with van der Waals surface area (Å²) in [6, 6.07) is 0. The summed E-state index contributed by atoms with van der Waals surface area (Å²) in [7, 11) is -4.08. The maximum absolute atomic E-state index is 12.0. The number of carbonyl (C=O) groups excluding carboxylic acids is 1. The van der Waals surface area contributed by atoms with Crippen LogP contribution in [0.15, 0.2) is 0 Å². The van der Waals surface area contributed by atoms with E-state index in [-0.39, 0.29) is 34.4 Å². The second-order valence-corrected chi connectivity index (χ2v) is 22.0. The van der Waals surface area contributed by atoms with E-state index < -0.39 is 22.4 Å². The Balaban J connectivity index is 3.16. The predicted molar refractivity (Wildman–Crippen MR) is 135 cm³/mol. The van der Waals surface area contributed by atoms with E-state index in [9.17, 15) is 4.79 Å². The minimum atomic E-state index is -2.10. The van der Waals surface area contributed by atoms with Crippen molar-refractivity contribution >= 4 is 22.6 Å². The molecule has 0 saturated carbocycles. The van der Waals surface area contributed by atoms with Crippen LogP contribution in [-0.4, -0.2) is 59.9 Å². The molecule has 0 aromatic heterocycles. The number of hydrogen-bond acceptors (Lipinski definition) is 6. The zero-order chi connectivity index (χ0) is 25.2. The normalized spacial score (nSPS) is 23.3. The van der Waals surface area contributed by atoms with Crippen LogP contribution in [0.25, 0.3) is 0 Å². The molecule has 8 heteroatoms. The van der Waals surface area contributed by atoms with Crippen molar-refractivity contribution in [3.05, 3.63) is 0 Å². The van der Waals surface area contributed by atoms with E-state index in [0.717, 1.165) is 0 Å². The SMILES string of the molecule is CCOC(=O)CC[C@@H]1OC(C)(C)O[C@@H]1[C@@H](CO[Si](C)(C)C(C)(C)C)O[Si](C)(C)C(C)(C)C. The van der Waals surface area contributed by atoms with Gasteiger partial charge in [0, 0.05) is 6.42 Å². The molecule has 1 saturated heterocycles. The Morgan fingerprint density at radius 1 is 0.969 bits per heavy atom. The van der Waals surface area contributed by atoms with Crippen LogP contribution < -0.4 is 0 Å². The number of ether oxygens (including phenoxy) is 3. The van der Waals surface area contributed by atoms with Crippen molar-refractivity contribution < 1.29 is 27.9 Å². The molecule has 32 heavy (non-hydrogen) atoms. The summed E-state index contributed by atoms with van der Waals surface area (Å²) in [5.74, 6) is -0.949.